The molecule has 146 valence electrons. The summed E-state index contributed by atoms with van der Waals surface area (Å²) >= 11 is 0. The standard InChI is InChI=1S/C21H23N3O4/c1-14-10-15(2)12-18(11-14)28-13-19(25)22-23-21(27)16-5-7-17(8-6-16)24-9-3-4-20(24)26/h5-8,10-12H,3-4,9,13H2,1-2H3,(H,22,25)(H,23,27). The van der Waals surface area contributed by atoms with Gasteiger partial charge in [0.05, 0.1) is 0 Å². The van der Waals surface area contributed by atoms with Gasteiger partial charge in [0.25, 0.3) is 11.8 Å². The first-order valence-corrected chi connectivity index (χ1v) is 9.13. The van der Waals surface area contributed by atoms with E-state index in [1.807, 2.05) is 32.0 Å². The van der Waals surface area contributed by atoms with Crippen molar-refractivity contribution in [1.29, 1.82) is 0 Å². The van der Waals surface area contributed by atoms with Gasteiger partial charge in [-0.05, 0) is 67.8 Å². The molecule has 0 radical (unpaired) electrons. The van der Waals surface area contributed by atoms with Gasteiger partial charge in [0, 0.05) is 24.2 Å². The van der Waals surface area contributed by atoms with Crippen molar-refractivity contribution in [3.8, 4) is 5.75 Å². The molecule has 0 atom stereocenters. The lowest BCUT2D eigenvalue weighted by molar-refractivity contribution is -0.123. The molecular weight excluding hydrogens is 358 g/mol. The topological polar surface area (TPSA) is 87.7 Å². The Bertz CT molecular complexity index is 873. The Morgan fingerprint density at radius 3 is 2.32 bits per heavy atom. The van der Waals surface area contributed by atoms with Gasteiger partial charge in [0.15, 0.2) is 6.61 Å². The van der Waals surface area contributed by atoms with Gasteiger partial charge < -0.3 is 9.64 Å². The molecule has 2 aromatic carbocycles. The van der Waals surface area contributed by atoms with Gasteiger partial charge in [-0.15, -0.1) is 0 Å². The van der Waals surface area contributed by atoms with Crippen LogP contribution >= 0.6 is 0 Å². The van der Waals surface area contributed by atoms with Crippen LogP contribution in [0.5, 0.6) is 5.75 Å². The summed E-state index contributed by atoms with van der Waals surface area (Å²) in [5.41, 5.74) is 7.92. The quantitative estimate of drug-likeness (QED) is 0.778. The number of amides is 3. The van der Waals surface area contributed by atoms with Gasteiger partial charge in [-0.2, -0.15) is 0 Å². The highest BCUT2D eigenvalue weighted by molar-refractivity contribution is 5.98. The fourth-order valence-corrected chi connectivity index (χ4v) is 3.11. The van der Waals surface area contributed by atoms with Crippen LogP contribution in [0.3, 0.4) is 0 Å². The third-order valence-corrected chi connectivity index (χ3v) is 4.40. The summed E-state index contributed by atoms with van der Waals surface area (Å²) in [6.07, 6.45) is 1.40. The molecule has 2 N–H and O–H groups in total. The van der Waals surface area contributed by atoms with Crippen molar-refractivity contribution in [3.05, 3.63) is 59.2 Å². The zero-order chi connectivity index (χ0) is 20.1. The number of benzene rings is 2. The molecule has 0 saturated carbocycles. The zero-order valence-electron chi connectivity index (χ0n) is 16.0. The monoisotopic (exact) mass is 381 g/mol. The van der Waals surface area contributed by atoms with Crippen molar-refractivity contribution in [1.82, 2.24) is 10.9 Å². The van der Waals surface area contributed by atoms with E-state index in [4.69, 9.17) is 4.74 Å². The number of aryl methyl sites for hydroxylation is 2. The Morgan fingerprint density at radius 2 is 1.71 bits per heavy atom. The molecule has 7 heteroatoms. The van der Waals surface area contributed by atoms with Crippen LogP contribution in [-0.4, -0.2) is 30.9 Å². The summed E-state index contributed by atoms with van der Waals surface area (Å²) in [4.78, 5) is 37.5. The van der Waals surface area contributed by atoms with Crippen LogP contribution in [0.2, 0.25) is 0 Å². The summed E-state index contributed by atoms with van der Waals surface area (Å²) in [5, 5.41) is 0. The van der Waals surface area contributed by atoms with Crippen LogP contribution in [0.4, 0.5) is 5.69 Å². The molecule has 7 nitrogen and oxygen atoms in total. The van der Waals surface area contributed by atoms with Gasteiger partial charge in [-0.25, -0.2) is 0 Å². The average molecular weight is 381 g/mol. The van der Waals surface area contributed by atoms with Crippen molar-refractivity contribution in [3.63, 3.8) is 0 Å². The molecule has 0 aromatic heterocycles. The molecule has 0 unspecified atom stereocenters. The maximum atomic E-state index is 12.2. The Kier molecular flexibility index (Phi) is 5.93. The number of nitrogens with one attached hydrogen (secondary N) is 2. The third kappa shape index (κ3) is 4.88. The van der Waals surface area contributed by atoms with Crippen molar-refractivity contribution >= 4 is 23.4 Å². The molecule has 1 aliphatic rings. The Balaban J connectivity index is 1.48. The lowest BCUT2D eigenvalue weighted by atomic mass is 10.1. The minimum absolute atomic E-state index is 0.0910. The smallest absolute Gasteiger partial charge is 0.276 e. The Labute approximate surface area is 163 Å². The largest absolute Gasteiger partial charge is 0.484 e. The van der Waals surface area contributed by atoms with E-state index >= 15 is 0 Å². The molecule has 1 saturated heterocycles. The summed E-state index contributed by atoms with van der Waals surface area (Å²) in [6, 6.07) is 12.4. The molecular formula is C21H23N3O4. The number of hydrazine groups is 1. The van der Waals surface area contributed by atoms with Gasteiger partial charge in [0.2, 0.25) is 5.91 Å². The SMILES string of the molecule is Cc1cc(C)cc(OCC(=O)NNC(=O)c2ccc(N3CCCC3=O)cc2)c1. The normalized spacial score (nSPS) is 13.4. The first kappa shape index (κ1) is 19.4. The zero-order valence-corrected chi connectivity index (χ0v) is 16.0. The van der Waals surface area contributed by atoms with E-state index in [0.29, 0.717) is 24.3 Å². The van der Waals surface area contributed by atoms with E-state index in [1.165, 1.54) is 0 Å². The lowest BCUT2D eigenvalue weighted by Crippen LogP contribution is -2.43. The number of anilines is 1. The molecule has 28 heavy (non-hydrogen) atoms. The predicted molar refractivity (Wildman–Crippen MR) is 105 cm³/mol. The fourth-order valence-electron chi connectivity index (χ4n) is 3.11. The highest BCUT2D eigenvalue weighted by atomic mass is 16.5. The van der Waals surface area contributed by atoms with E-state index in [2.05, 4.69) is 10.9 Å². The summed E-state index contributed by atoms with van der Waals surface area (Å²) < 4.78 is 5.45. The van der Waals surface area contributed by atoms with Crippen molar-refractivity contribution < 1.29 is 19.1 Å². The van der Waals surface area contributed by atoms with Crippen LogP contribution in [0.1, 0.15) is 34.3 Å². The number of ether oxygens (including phenoxy) is 1. The fraction of sp³-hybridized carbons (Fsp3) is 0.286. The van der Waals surface area contributed by atoms with E-state index in [0.717, 1.165) is 23.2 Å². The van der Waals surface area contributed by atoms with E-state index in [1.54, 1.807) is 29.2 Å². The minimum Gasteiger partial charge on any atom is -0.484 e. The second-order valence-electron chi connectivity index (χ2n) is 6.81. The van der Waals surface area contributed by atoms with Gasteiger partial charge in [0.1, 0.15) is 5.75 Å². The molecule has 3 rings (SSSR count). The lowest BCUT2D eigenvalue weighted by Gasteiger charge is -2.16. The number of carbonyl (C=O) groups is 3. The number of nitrogens with zero attached hydrogens (tertiary/aromatic N) is 1. The molecule has 0 bridgehead atoms. The third-order valence-electron chi connectivity index (χ3n) is 4.40. The second kappa shape index (κ2) is 8.56. The summed E-state index contributed by atoms with van der Waals surface area (Å²) in [7, 11) is 0. The van der Waals surface area contributed by atoms with Crippen molar-refractivity contribution in [2.24, 2.45) is 0 Å². The molecule has 3 amide bonds. The Morgan fingerprint density at radius 1 is 1.04 bits per heavy atom. The van der Waals surface area contributed by atoms with Crippen LogP contribution in [-0.2, 0) is 9.59 Å². The first-order chi connectivity index (χ1) is 13.4. The maximum absolute atomic E-state index is 12.2. The van der Waals surface area contributed by atoms with Crippen LogP contribution in [0.25, 0.3) is 0 Å². The van der Waals surface area contributed by atoms with Gasteiger partial charge >= 0.3 is 0 Å². The van der Waals surface area contributed by atoms with Crippen LogP contribution in [0, 0.1) is 13.8 Å². The second-order valence-corrected chi connectivity index (χ2v) is 6.81. The van der Waals surface area contributed by atoms with E-state index in [9.17, 15) is 14.4 Å². The number of carbonyl (C=O) groups excluding carboxylic acids is 3. The Hall–Kier alpha value is -3.35. The molecule has 1 fully saturated rings. The maximum Gasteiger partial charge on any atom is 0.276 e. The molecule has 1 heterocycles. The number of rotatable bonds is 5. The van der Waals surface area contributed by atoms with Crippen LogP contribution < -0.4 is 20.5 Å². The average Bonchev–Trinajstić information content (AvgIpc) is 3.10. The van der Waals surface area contributed by atoms with Crippen molar-refractivity contribution in [2.45, 2.75) is 26.7 Å². The summed E-state index contributed by atoms with van der Waals surface area (Å²) in [5.74, 6) is -0.217. The number of hydrogen-bond acceptors (Lipinski definition) is 4. The number of hydrogen-bond donors (Lipinski definition) is 2. The highest BCUT2D eigenvalue weighted by Gasteiger charge is 2.21. The van der Waals surface area contributed by atoms with E-state index in [-0.39, 0.29) is 12.5 Å². The predicted octanol–water partition coefficient (Wildman–Crippen LogP) is 2.27. The molecule has 0 aliphatic carbocycles. The molecule has 0 spiro atoms. The van der Waals surface area contributed by atoms with Gasteiger partial charge in [-0.3, -0.25) is 25.2 Å². The van der Waals surface area contributed by atoms with E-state index < -0.39 is 11.8 Å². The van der Waals surface area contributed by atoms with Gasteiger partial charge in [-0.1, -0.05) is 6.07 Å². The first-order valence-electron chi connectivity index (χ1n) is 9.13. The van der Waals surface area contributed by atoms with Crippen LogP contribution in [0.15, 0.2) is 42.5 Å². The van der Waals surface area contributed by atoms with Crippen molar-refractivity contribution in [2.75, 3.05) is 18.1 Å². The minimum atomic E-state index is -0.466. The molecule has 1 aliphatic heterocycles. The molecule has 2 aromatic rings. The highest BCUT2D eigenvalue weighted by Crippen LogP contribution is 2.21. The summed E-state index contributed by atoms with van der Waals surface area (Å²) in [6.45, 7) is 4.39.